The second kappa shape index (κ2) is 16.3. The molecule has 9 heteroatoms. The SMILES string of the molecule is Cc1cc(C(F)(F)F)nn1C=CN1CCC(c2nc(CCCCCCCCCCN(C)[C@@H]3CCCc4ccccc43)cs2)CC1. The van der Waals surface area contributed by atoms with Crippen molar-refractivity contribution in [3.05, 3.63) is 75.1 Å². The first-order valence-electron chi connectivity index (χ1n) is 17.1. The van der Waals surface area contributed by atoms with Crippen LogP contribution in [0, 0.1) is 6.92 Å². The average molecular weight is 642 g/mol. The summed E-state index contributed by atoms with van der Waals surface area (Å²) >= 11 is 1.79. The Kier molecular flexibility index (Phi) is 12.2. The quantitative estimate of drug-likeness (QED) is 0.155. The minimum absolute atomic E-state index is 0.468. The van der Waals surface area contributed by atoms with Crippen LogP contribution in [-0.2, 0) is 19.0 Å². The Balaban J connectivity index is 0.900. The van der Waals surface area contributed by atoms with E-state index in [0.29, 0.717) is 17.7 Å². The van der Waals surface area contributed by atoms with Gasteiger partial charge < -0.3 is 4.90 Å². The second-order valence-corrected chi connectivity index (χ2v) is 14.0. The van der Waals surface area contributed by atoms with Crippen LogP contribution in [0.5, 0.6) is 0 Å². The lowest BCUT2D eigenvalue weighted by Gasteiger charge is -2.33. The van der Waals surface area contributed by atoms with Gasteiger partial charge in [0.1, 0.15) is 0 Å². The number of rotatable bonds is 15. The lowest BCUT2D eigenvalue weighted by Crippen LogP contribution is -2.28. The Morgan fingerprint density at radius 3 is 2.40 bits per heavy atom. The zero-order chi connectivity index (χ0) is 31.6. The van der Waals surface area contributed by atoms with Crippen LogP contribution in [0.3, 0.4) is 0 Å². The van der Waals surface area contributed by atoms with Crippen LogP contribution in [0.25, 0.3) is 6.20 Å². The summed E-state index contributed by atoms with van der Waals surface area (Å²) in [4.78, 5) is 9.73. The molecule has 246 valence electrons. The highest BCUT2D eigenvalue weighted by molar-refractivity contribution is 7.09. The molecule has 1 fully saturated rings. The maximum atomic E-state index is 12.9. The van der Waals surface area contributed by atoms with Crippen LogP contribution >= 0.6 is 11.3 Å². The number of aryl methyl sites for hydroxylation is 3. The van der Waals surface area contributed by atoms with Gasteiger partial charge in [-0.05, 0) is 89.1 Å². The van der Waals surface area contributed by atoms with E-state index in [9.17, 15) is 13.2 Å². The summed E-state index contributed by atoms with van der Waals surface area (Å²) in [6.07, 6.45) is 16.5. The summed E-state index contributed by atoms with van der Waals surface area (Å²) in [5.41, 5.74) is 3.97. The predicted octanol–water partition coefficient (Wildman–Crippen LogP) is 9.65. The fourth-order valence-corrected chi connectivity index (χ4v) is 7.95. The minimum Gasteiger partial charge on any atom is -0.376 e. The standard InChI is InChI=1S/C36H50F3N5S/c1-28-26-34(36(37,38)39)41-44(28)25-24-43-22-19-30(20-23-43)35-40-31(27-45-35)16-9-7-5-3-4-6-8-12-21-42(2)33-18-13-15-29-14-10-11-17-32(29)33/h10-11,14,17,24-27,30,33H,3-9,12-13,15-16,18-23H2,1-2H3/t33-/m1/s1. The molecule has 0 amide bonds. The molecule has 5 rings (SSSR count). The molecule has 3 aromatic rings. The third-order valence-corrected chi connectivity index (χ3v) is 10.7. The largest absolute Gasteiger partial charge is 0.435 e. The lowest BCUT2D eigenvalue weighted by molar-refractivity contribution is -0.141. The molecule has 0 spiro atoms. The van der Waals surface area contributed by atoms with Crippen molar-refractivity contribution in [2.45, 2.75) is 115 Å². The smallest absolute Gasteiger partial charge is 0.376 e. The second-order valence-electron chi connectivity index (χ2n) is 13.1. The average Bonchev–Trinajstić information content (AvgIpc) is 3.67. The number of unbranched alkanes of at least 4 members (excludes halogenated alkanes) is 7. The third-order valence-electron chi connectivity index (χ3n) is 9.64. The van der Waals surface area contributed by atoms with E-state index in [4.69, 9.17) is 4.98 Å². The van der Waals surface area contributed by atoms with E-state index in [-0.39, 0.29) is 0 Å². The minimum atomic E-state index is -4.42. The molecule has 45 heavy (non-hydrogen) atoms. The number of aromatic nitrogens is 3. The molecule has 1 aliphatic heterocycles. The van der Waals surface area contributed by atoms with Crippen LogP contribution in [0.4, 0.5) is 13.2 Å². The summed E-state index contributed by atoms with van der Waals surface area (Å²) in [7, 11) is 2.31. The number of piperidine rings is 1. The Labute approximate surface area is 271 Å². The molecule has 2 aliphatic rings. The van der Waals surface area contributed by atoms with E-state index in [1.165, 1.54) is 92.6 Å². The molecule has 5 nitrogen and oxygen atoms in total. The topological polar surface area (TPSA) is 37.2 Å². The number of thiazole rings is 1. The van der Waals surface area contributed by atoms with Crippen molar-refractivity contribution in [2.75, 3.05) is 26.7 Å². The molecule has 3 heterocycles. The van der Waals surface area contributed by atoms with Gasteiger partial charge in [0.05, 0.1) is 10.7 Å². The highest BCUT2D eigenvalue weighted by atomic mass is 32.1. The molecule has 0 radical (unpaired) electrons. The molecule has 1 atom stereocenters. The van der Waals surface area contributed by atoms with E-state index in [1.54, 1.807) is 35.6 Å². The molecule has 2 aromatic heterocycles. The molecule has 0 saturated carbocycles. The van der Waals surface area contributed by atoms with Gasteiger partial charge in [0.2, 0.25) is 0 Å². The highest BCUT2D eigenvalue weighted by Gasteiger charge is 2.34. The summed E-state index contributed by atoms with van der Waals surface area (Å²) in [5, 5.41) is 7.16. The van der Waals surface area contributed by atoms with Gasteiger partial charge in [-0.2, -0.15) is 18.3 Å². The summed E-state index contributed by atoms with van der Waals surface area (Å²) in [6, 6.07) is 10.7. The van der Waals surface area contributed by atoms with Crippen molar-refractivity contribution >= 4 is 17.5 Å². The first-order chi connectivity index (χ1) is 21.8. The van der Waals surface area contributed by atoms with Crippen molar-refractivity contribution < 1.29 is 13.2 Å². The van der Waals surface area contributed by atoms with Gasteiger partial charge in [-0.15, -0.1) is 11.3 Å². The number of nitrogens with zero attached hydrogens (tertiary/aromatic N) is 5. The number of alkyl halides is 3. The van der Waals surface area contributed by atoms with Gasteiger partial charge in [-0.3, -0.25) is 4.90 Å². The molecule has 1 saturated heterocycles. The normalized spacial score (nSPS) is 17.9. The molecular weight excluding hydrogens is 591 g/mol. The molecule has 1 aromatic carbocycles. The summed E-state index contributed by atoms with van der Waals surface area (Å²) < 4.78 is 40.1. The van der Waals surface area contributed by atoms with Gasteiger partial charge in [0.15, 0.2) is 5.69 Å². The van der Waals surface area contributed by atoms with E-state index < -0.39 is 11.9 Å². The Bertz CT molecular complexity index is 1350. The van der Waals surface area contributed by atoms with E-state index in [0.717, 1.165) is 38.4 Å². The lowest BCUT2D eigenvalue weighted by atomic mass is 9.87. The summed E-state index contributed by atoms with van der Waals surface area (Å²) in [5.74, 6) is 0.468. The Morgan fingerprint density at radius 2 is 1.67 bits per heavy atom. The first-order valence-corrected chi connectivity index (χ1v) is 17.9. The maximum Gasteiger partial charge on any atom is 0.435 e. The maximum absolute atomic E-state index is 12.9. The number of halogens is 3. The number of likely N-dealkylation sites (tertiary alicyclic amines) is 1. The van der Waals surface area contributed by atoms with E-state index >= 15 is 0 Å². The molecule has 0 unspecified atom stereocenters. The van der Waals surface area contributed by atoms with E-state index in [2.05, 4.69) is 51.6 Å². The van der Waals surface area contributed by atoms with Crippen molar-refractivity contribution in [3.63, 3.8) is 0 Å². The number of benzene rings is 1. The van der Waals surface area contributed by atoms with Gasteiger partial charge in [0, 0.05) is 48.5 Å². The zero-order valence-electron chi connectivity index (χ0n) is 27.1. The molecule has 1 aliphatic carbocycles. The zero-order valence-corrected chi connectivity index (χ0v) is 27.9. The molecular formula is C36H50F3N5S. The number of hydrogen-bond acceptors (Lipinski definition) is 5. The predicted molar refractivity (Wildman–Crippen MR) is 178 cm³/mol. The van der Waals surface area contributed by atoms with Crippen LogP contribution in [0.15, 0.2) is 41.9 Å². The molecule has 0 N–H and O–H groups in total. The van der Waals surface area contributed by atoms with E-state index in [1.807, 2.05) is 6.20 Å². The fraction of sp³-hybridized carbons (Fsp3) is 0.611. The monoisotopic (exact) mass is 641 g/mol. The van der Waals surface area contributed by atoms with Gasteiger partial charge in [-0.25, -0.2) is 9.67 Å². The first kappa shape index (κ1) is 33.7. The Hall–Kier alpha value is -2.65. The van der Waals surface area contributed by atoms with Gasteiger partial charge in [-0.1, -0.05) is 62.8 Å². The van der Waals surface area contributed by atoms with Crippen molar-refractivity contribution in [1.82, 2.24) is 24.6 Å². The van der Waals surface area contributed by atoms with Crippen molar-refractivity contribution in [2.24, 2.45) is 0 Å². The fourth-order valence-electron chi connectivity index (χ4n) is 6.93. The molecule has 0 bridgehead atoms. The third kappa shape index (κ3) is 9.67. The van der Waals surface area contributed by atoms with Crippen molar-refractivity contribution in [3.8, 4) is 0 Å². The number of hydrogen-bond donors (Lipinski definition) is 0. The van der Waals surface area contributed by atoms with Gasteiger partial charge in [0.25, 0.3) is 0 Å². The van der Waals surface area contributed by atoms with Crippen LogP contribution in [-0.4, -0.2) is 51.2 Å². The van der Waals surface area contributed by atoms with Crippen LogP contribution < -0.4 is 0 Å². The van der Waals surface area contributed by atoms with Crippen LogP contribution in [0.2, 0.25) is 0 Å². The summed E-state index contributed by atoms with van der Waals surface area (Å²) in [6.45, 7) is 4.58. The van der Waals surface area contributed by atoms with Crippen LogP contribution in [0.1, 0.15) is 122 Å². The Morgan fingerprint density at radius 1 is 0.956 bits per heavy atom. The number of fused-ring (bicyclic) bond motifs is 1. The highest BCUT2D eigenvalue weighted by Crippen LogP contribution is 2.34. The van der Waals surface area contributed by atoms with Crippen molar-refractivity contribution in [1.29, 1.82) is 0 Å². The van der Waals surface area contributed by atoms with Gasteiger partial charge >= 0.3 is 6.18 Å².